The van der Waals surface area contributed by atoms with E-state index in [1.807, 2.05) is 30.3 Å². The molecule has 1 aromatic carbocycles. The number of nitrogens with one attached hydrogen (secondary N) is 1. The minimum atomic E-state index is -0.121. The predicted octanol–water partition coefficient (Wildman–Crippen LogP) is 2.64. The fraction of sp³-hybridized carbons (Fsp3) is 0.364. The summed E-state index contributed by atoms with van der Waals surface area (Å²) in [6, 6.07) is 9.69. The van der Waals surface area contributed by atoms with Gasteiger partial charge in [-0.1, -0.05) is 62.2 Å². The summed E-state index contributed by atoms with van der Waals surface area (Å²) in [5.41, 5.74) is 3.46. The van der Waals surface area contributed by atoms with Crippen LogP contribution in [0, 0.1) is 5.92 Å². The zero-order chi connectivity index (χ0) is 11.8. The Kier molecular flexibility index (Phi) is 6.68. The highest BCUT2D eigenvalue weighted by molar-refractivity contribution is 9.09. The van der Waals surface area contributed by atoms with Gasteiger partial charge in [0.1, 0.15) is 0 Å². The molecule has 3 nitrogen and oxygen atoms in total. The second-order valence-corrected chi connectivity index (χ2v) is 4.54. The van der Waals surface area contributed by atoms with Crippen LogP contribution in [0.25, 0.3) is 0 Å². The third-order valence-corrected chi connectivity index (χ3v) is 3.56. The van der Waals surface area contributed by atoms with E-state index in [4.69, 9.17) is 4.84 Å². The molecule has 0 aliphatic heterocycles. The maximum Gasteiger partial charge on any atom is 0.248 e. The molecule has 0 saturated carbocycles. The fourth-order valence-corrected chi connectivity index (χ4v) is 2.69. The number of alkyl halides is 2. The van der Waals surface area contributed by atoms with Crippen molar-refractivity contribution in [1.29, 1.82) is 0 Å². The van der Waals surface area contributed by atoms with Crippen molar-refractivity contribution in [3.63, 3.8) is 0 Å². The van der Waals surface area contributed by atoms with E-state index in [0.29, 0.717) is 17.3 Å². The molecular formula is C11H13Br2NO2. The summed E-state index contributed by atoms with van der Waals surface area (Å²) in [6.45, 7) is 0.379. The van der Waals surface area contributed by atoms with Gasteiger partial charge in [-0.15, -0.1) is 0 Å². The lowest BCUT2D eigenvalue weighted by atomic mass is 10.2. The van der Waals surface area contributed by atoms with Crippen LogP contribution in [0.1, 0.15) is 5.56 Å². The number of hydrogen-bond donors (Lipinski definition) is 1. The zero-order valence-electron chi connectivity index (χ0n) is 8.66. The van der Waals surface area contributed by atoms with Crippen molar-refractivity contribution < 1.29 is 9.63 Å². The first kappa shape index (κ1) is 13.7. The molecule has 0 heterocycles. The van der Waals surface area contributed by atoms with Crippen molar-refractivity contribution in [2.45, 2.75) is 6.61 Å². The Morgan fingerprint density at radius 3 is 2.44 bits per heavy atom. The highest BCUT2D eigenvalue weighted by Gasteiger charge is 2.15. The molecule has 0 bridgehead atoms. The highest BCUT2D eigenvalue weighted by atomic mass is 79.9. The van der Waals surface area contributed by atoms with Gasteiger partial charge in [0.2, 0.25) is 5.91 Å². The van der Waals surface area contributed by atoms with Gasteiger partial charge in [-0.3, -0.25) is 9.63 Å². The van der Waals surface area contributed by atoms with Crippen molar-refractivity contribution >= 4 is 37.8 Å². The Labute approximate surface area is 112 Å². The number of hydrogen-bond acceptors (Lipinski definition) is 2. The summed E-state index contributed by atoms with van der Waals surface area (Å²) in [5, 5.41) is 1.22. The minimum Gasteiger partial charge on any atom is -0.272 e. The van der Waals surface area contributed by atoms with E-state index in [9.17, 15) is 4.79 Å². The van der Waals surface area contributed by atoms with Crippen molar-refractivity contribution in [2.75, 3.05) is 10.7 Å². The van der Waals surface area contributed by atoms with E-state index in [1.165, 1.54) is 0 Å². The van der Waals surface area contributed by atoms with Gasteiger partial charge in [-0.05, 0) is 5.56 Å². The Morgan fingerprint density at radius 2 is 1.88 bits per heavy atom. The number of halogens is 2. The van der Waals surface area contributed by atoms with E-state index in [1.54, 1.807) is 0 Å². The maximum absolute atomic E-state index is 11.5. The molecule has 0 atom stereocenters. The smallest absolute Gasteiger partial charge is 0.248 e. The first-order chi connectivity index (χ1) is 7.77. The Morgan fingerprint density at radius 1 is 1.25 bits per heavy atom. The summed E-state index contributed by atoms with van der Waals surface area (Å²) < 4.78 is 0. The number of benzene rings is 1. The van der Waals surface area contributed by atoms with Crippen molar-refractivity contribution in [3.8, 4) is 0 Å². The molecule has 5 heteroatoms. The predicted molar refractivity (Wildman–Crippen MR) is 70.5 cm³/mol. The van der Waals surface area contributed by atoms with Crippen molar-refractivity contribution in [3.05, 3.63) is 35.9 Å². The first-order valence-electron chi connectivity index (χ1n) is 4.85. The molecule has 0 fully saturated rings. The van der Waals surface area contributed by atoms with Gasteiger partial charge in [0.15, 0.2) is 0 Å². The molecule has 88 valence electrons. The number of carbonyl (C=O) groups excluding carboxylic acids is 1. The van der Waals surface area contributed by atoms with Crippen LogP contribution in [0.4, 0.5) is 0 Å². The molecule has 0 aliphatic rings. The number of carbonyl (C=O) groups is 1. The summed E-state index contributed by atoms with van der Waals surface area (Å²) in [5.74, 6) is -0.236. The van der Waals surface area contributed by atoms with Crippen LogP contribution in [0.5, 0.6) is 0 Å². The Balaban J connectivity index is 2.28. The molecule has 1 amide bonds. The lowest BCUT2D eigenvalue weighted by molar-refractivity contribution is -0.137. The van der Waals surface area contributed by atoms with E-state index >= 15 is 0 Å². The van der Waals surface area contributed by atoms with Crippen LogP contribution in [0.3, 0.4) is 0 Å². The maximum atomic E-state index is 11.5. The normalized spacial score (nSPS) is 10.4. The minimum absolute atomic E-state index is 0.115. The molecule has 1 aromatic rings. The fourth-order valence-electron chi connectivity index (χ4n) is 1.03. The average molecular weight is 351 g/mol. The summed E-state index contributed by atoms with van der Waals surface area (Å²) in [6.07, 6.45) is 0. The lowest BCUT2D eigenvalue weighted by Crippen LogP contribution is -2.32. The van der Waals surface area contributed by atoms with Crippen LogP contribution in [-0.4, -0.2) is 16.6 Å². The molecule has 16 heavy (non-hydrogen) atoms. The summed E-state index contributed by atoms with van der Waals surface area (Å²) in [4.78, 5) is 16.6. The quantitative estimate of drug-likeness (QED) is 0.632. The summed E-state index contributed by atoms with van der Waals surface area (Å²) in [7, 11) is 0. The molecule has 1 N–H and O–H groups in total. The van der Waals surface area contributed by atoms with Gasteiger partial charge in [0.05, 0.1) is 12.5 Å². The van der Waals surface area contributed by atoms with Gasteiger partial charge in [0.25, 0.3) is 0 Å². The van der Waals surface area contributed by atoms with Crippen LogP contribution in [0.15, 0.2) is 30.3 Å². The van der Waals surface area contributed by atoms with E-state index in [0.717, 1.165) is 5.56 Å². The van der Waals surface area contributed by atoms with Gasteiger partial charge in [0, 0.05) is 10.7 Å². The van der Waals surface area contributed by atoms with E-state index in [-0.39, 0.29) is 11.8 Å². The van der Waals surface area contributed by atoms with Crippen LogP contribution < -0.4 is 5.48 Å². The highest BCUT2D eigenvalue weighted by Crippen LogP contribution is 2.06. The van der Waals surface area contributed by atoms with E-state index < -0.39 is 0 Å². The Hall–Kier alpha value is -0.390. The van der Waals surface area contributed by atoms with Crippen LogP contribution >= 0.6 is 31.9 Å². The number of hydroxylamine groups is 1. The topological polar surface area (TPSA) is 38.3 Å². The largest absolute Gasteiger partial charge is 0.272 e. The molecular weight excluding hydrogens is 338 g/mol. The Bertz CT molecular complexity index is 315. The molecule has 0 radical (unpaired) electrons. The molecule has 0 spiro atoms. The third kappa shape index (κ3) is 4.63. The number of amides is 1. The first-order valence-corrected chi connectivity index (χ1v) is 7.09. The zero-order valence-corrected chi connectivity index (χ0v) is 11.8. The second-order valence-electron chi connectivity index (χ2n) is 3.25. The standard InChI is InChI=1S/C11H13Br2NO2/c12-6-10(7-13)11(15)14-16-8-9-4-2-1-3-5-9/h1-5,10H,6-8H2,(H,14,15). The third-order valence-electron chi connectivity index (χ3n) is 2.00. The van der Waals surface area contributed by atoms with Gasteiger partial charge >= 0.3 is 0 Å². The average Bonchev–Trinajstić information content (AvgIpc) is 2.32. The van der Waals surface area contributed by atoms with Crippen molar-refractivity contribution in [2.24, 2.45) is 5.92 Å². The molecule has 0 unspecified atom stereocenters. The number of rotatable bonds is 6. The molecule has 1 rings (SSSR count). The van der Waals surface area contributed by atoms with Gasteiger partial charge in [-0.25, -0.2) is 5.48 Å². The monoisotopic (exact) mass is 349 g/mol. The lowest BCUT2D eigenvalue weighted by Gasteiger charge is -2.11. The van der Waals surface area contributed by atoms with Crippen molar-refractivity contribution in [1.82, 2.24) is 5.48 Å². The van der Waals surface area contributed by atoms with E-state index in [2.05, 4.69) is 37.3 Å². The van der Waals surface area contributed by atoms with Gasteiger partial charge in [-0.2, -0.15) is 0 Å². The SMILES string of the molecule is O=C(NOCc1ccccc1)C(CBr)CBr. The van der Waals surface area contributed by atoms with Gasteiger partial charge < -0.3 is 0 Å². The van der Waals surface area contributed by atoms with Crippen LogP contribution in [-0.2, 0) is 16.2 Å². The second kappa shape index (κ2) is 7.81. The van der Waals surface area contributed by atoms with Crippen LogP contribution in [0.2, 0.25) is 0 Å². The molecule has 0 aliphatic carbocycles. The summed E-state index contributed by atoms with van der Waals surface area (Å²) >= 11 is 6.53. The molecule has 0 saturated heterocycles. The molecule has 0 aromatic heterocycles.